The zero-order chi connectivity index (χ0) is 14.4. The quantitative estimate of drug-likeness (QED) is 0.809. The molecule has 6 nitrogen and oxygen atoms in total. The molecule has 1 aromatic rings. The molecule has 106 valence electrons. The smallest absolute Gasteiger partial charge is 0.311 e. The van der Waals surface area contributed by atoms with Crippen LogP contribution in [0.1, 0.15) is 30.0 Å². The molecule has 0 radical (unpaired) electrons. The number of amides is 1. The maximum absolute atomic E-state index is 12.4. The van der Waals surface area contributed by atoms with Crippen molar-refractivity contribution in [3.05, 3.63) is 23.7 Å². The van der Waals surface area contributed by atoms with Crippen LogP contribution in [0.25, 0.3) is 0 Å². The molecule has 0 saturated heterocycles. The van der Waals surface area contributed by atoms with Crippen molar-refractivity contribution in [2.24, 2.45) is 0 Å². The van der Waals surface area contributed by atoms with Gasteiger partial charge in [-0.05, 0) is 19.9 Å². The number of ether oxygens (including phenoxy) is 1. The van der Waals surface area contributed by atoms with Crippen molar-refractivity contribution in [3.8, 4) is 0 Å². The van der Waals surface area contributed by atoms with Crippen LogP contribution in [0.3, 0.4) is 0 Å². The Kier molecular flexibility index (Phi) is 5.57. The van der Waals surface area contributed by atoms with Crippen LogP contribution in [-0.4, -0.2) is 48.2 Å². The van der Waals surface area contributed by atoms with Crippen molar-refractivity contribution in [2.75, 3.05) is 20.3 Å². The predicted octanol–water partition coefficient (Wildman–Crippen LogP) is 1.40. The normalized spacial score (nSPS) is 10.7. The number of carboxylic acid groups (broad SMARTS) is 1. The van der Waals surface area contributed by atoms with Gasteiger partial charge in [-0.25, -0.2) is 0 Å². The largest absolute Gasteiger partial charge is 0.481 e. The highest BCUT2D eigenvalue weighted by molar-refractivity contribution is 5.96. The number of aliphatic carboxylic acids is 1. The van der Waals surface area contributed by atoms with E-state index in [0.717, 1.165) is 0 Å². The molecule has 0 saturated carbocycles. The molecular weight excluding hydrogens is 250 g/mol. The van der Waals surface area contributed by atoms with Gasteiger partial charge in [0.2, 0.25) is 0 Å². The van der Waals surface area contributed by atoms with E-state index >= 15 is 0 Å². The number of carbonyl (C=O) groups is 2. The summed E-state index contributed by atoms with van der Waals surface area (Å²) in [5, 5.41) is 8.78. The Labute approximate surface area is 112 Å². The minimum atomic E-state index is -1.03. The van der Waals surface area contributed by atoms with Crippen LogP contribution >= 0.6 is 0 Å². The number of furan rings is 1. The van der Waals surface area contributed by atoms with Gasteiger partial charge in [0.15, 0.2) is 0 Å². The maximum Gasteiger partial charge on any atom is 0.311 e. The number of hydrogen-bond acceptors (Lipinski definition) is 4. The molecule has 0 spiro atoms. The lowest BCUT2D eigenvalue weighted by Gasteiger charge is -2.26. The molecular formula is C13H19NO5. The molecule has 1 heterocycles. The van der Waals surface area contributed by atoms with E-state index < -0.39 is 5.97 Å². The van der Waals surface area contributed by atoms with Gasteiger partial charge in [0.1, 0.15) is 12.2 Å². The third kappa shape index (κ3) is 4.10. The molecule has 0 aliphatic rings. The Morgan fingerprint density at radius 2 is 2.16 bits per heavy atom. The number of rotatable bonds is 7. The molecule has 0 fully saturated rings. The average molecular weight is 269 g/mol. The van der Waals surface area contributed by atoms with Gasteiger partial charge in [-0.3, -0.25) is 9.59 Å². The molecule has 1 amide bonds. The van der Waals surface area contributed by atoms with E-state index in [4.69, 9.17) is 14.3 Å². The fraction of sp³-hybridized carbons (Fsp3) is 0.538. The topological polar surface area (TPSA) is 80.0 Å². The Morgan fingerprint density at radius 1 is 1.47 bits per heavy atom. The van der Waals surface area contributed by atoms with Gasteiger partial charge in [-0.1, -0.05) is 0 Å². The van der Waals surface area contributed by atoms with Gasteiger partial charge >= 0.3 is 5.97 Å². The fourth-order valence-corrected chi connectivity index (χ4v) is 1.74. The summed E-state index contributed by atoms with van der Waals surface area (Å²) in [7, 11) is 1.57. The second-order valence-corrected chi connectivity index (χ2v) is 4.41. The van der Waals surface area contributed by atoms with Crippen molar-refractivity contribution >= 4 is 11.9 Å². The summed E-state index contributed by atoms with van der Waals surface area (Å²) in [5.41, 5.74) is 0.298. The first-order valence-corrected chi connectivity index (χ1v) is 6.05. The molecule has 19 heavy (non-hydrogen) atoms. The summed E-state index contributed by atoms with van der Waals surface area (Å²) < 4.78 is 10.0. The van der Waals surface area contributed by atoms with E-state index in [2.05, 4.69) is 0 Å². The lowest BCUT2D eigenvalue weighted by atomic mass is 10.1. The number of hydrogen-bond donors (Lipinski definition) is 1. The maximum atomic E-state index is 12.4. The second kappa shape index (κ2) is 6.94. The molecule has 0 unspecified atom stereocenters. The van der Waals surface area contributed by atoms with Crippen LogP contribution in [0.5, 0.6) is 0 Å². The minimum absolute atomic E-state index is 0.00442. The SMILES string of the molecule is COCCN(C(=O)c1ccoc1CC(=O)O)C(C)C. The summed E-state index contributed by atoms with van der Waals surface area (Å²) in [6.07, 6.45) is 1.03. The number of carboxylic acids is 1. The van der Waals surface area contributed by atoms with Crippen LogP contribution in [0.4, 0.5) is 0 Å². The Balaban J connectivity index is 2.90. The average Bonchev–Trinajstić information content (AvgIpc) is 2.76. The van der Waals surface area contributed by atoms with E-state index in [1.54, 1.807) is 12.0 Å². The molecule has 6 heteroatoms. The fourth-order valence-electron chi connectivity index (χ4n) is 1.74. The van der Waals surface area contributed by atoms with Gasteiger partial charge in [-0.2, -0.15) is 0 Å². The lowest BCUT2D eigenvalue weighted by Crippen LogP contribution is -2.39. The zero-order valence-electron chi connectivity index (χ0n) is 11.4. The second-order valence-electron chi connectivity index (χ2n) is 4.41. The number of methoxy groups -OCH3 is 1. The number of carbonyl (C=O) groups excluding carboxylic acids is 1. The molecule has 1 aromatic heterocycles. The highest BCUT2D eigenvalue weighted by atomic mass is 16.5. The van der Waals surface area contributed by atoms with Crippen LogP contribution in [-0.2, 0) is 16.0 Å². The molecule has 1 rings (SSSR count). The van der Waals surface area contributed by atoms with Crippen LogP contribution in [0, 0.1) is 0 Å². The Morgan fingerprint density at radius 3 is 2.68 bits per heavy atom. The first-order chi connectivity index (χ1) is 8.97. The molecule has 0 aromatic carbocycles. The van der Waals surface area contributed by atoms with Crippen molar-refractivity contribution in [1.82, 2.24) is 4.90 Å². The van der Waals surface area contributed by atoms with Gasteiger partial charge in [0.25, 0.3) is 5.91 Å². The molecule has 0 bridgehead atoms. The molecule has 0 aliphatic heterocycles. The van der Waals surface area contributed by atoms with E-state index in [-0.39, 0.29) is 24.1 Å². The summed E-state index contributed by atoms with van der Waals surface area (Å²) in [5.74, 6) is -1.09. The minimum Gasteiger partial charge on any atom is -0.481 e. The summed E-state index contributed by atoms with van der Waals surface area (Å²) in [6, 6.07) is 1.50. The lowest BCUT2D eigenvalue weighted by molar-refractivity contribution is -0.136. The Hall–Kier alpha value is -1.82. The highest BCUT2D eigenvalue weighted by Crippen LogP contribution is 2.16. The summed E-state index contributed by atoms with van der Waals surface area (Å²) in [6.45, 7) is 4.66. The van der Waals surface area contributed by atoms with E-state index in [1.807, 2.05) is 13.8 Å². The van der Waals surface area contributed by atoms with Crippen molar-refractivity contribution in [1.29, 1.82) is 0 Å². The standard InChI is InChI=1S/C13H19NO5/c1-9(2)14(5-7-18-3)13(17)10-4-6-19-11(10)8-12(15)16/h4,6,9H,5,7-8H2,1-3H3,(H,15,16). The first-order valence-electron chi connectivity index (χ1n) is 6.05. The van der Waals surface area contributed by atoms with Crippen LogP contribution < -0.4 is 0 Å². The van der Waals surface area contributed by atoms with E-state index in [1.165, 1.54) is 12.3 Å². The molecule has 0 atom stereocenters. The van der Waals surface area contributed by atoms with Gasteiger partial charge in [0, 0.05) is 19.7 Å². The molecule has 0 aliphatic carbocycles. The monoisotopic (exact) mass is 269 g/mol. The first kappa shape index (κ1) is 15.2. The zero-order valence-corrected chi connectivity index (χ0v) is 11.4. The van der Waals surface area contributed by atoms with E-state index in [0.29, 0.717) is 18.7 Å². The van der Waals surface area contributed by atoms with Crippen LogP contribution in [0.2, 0.25) is 0 Å². The highest BCUT2D eigenvalue weighted by Gasteiger charge is 2.23. The third-order valence-electron chi connectivity index (χ3n) is 2.71. The Bertz CT molecular complexity index is 438. The van der Waals surface area contributed by atoms with Gasteiger partial charge in [0.05, 0.1) is 18.4 Å². The molecule has 1 N–H and O–H groups in total. The summed E-state index contributed by atoms with van der Waals surface area (Å²) in [4.78, 5) is 24.7. The van der Waals surface area contributed by atoms with Crippen molar-refractivity contribution < 1.29 is 23.8 Å². The van der Waals surface area contributed by atoms with Crippen LogP contribution in [0.15, 0.2) is 16.7 Å². The number of nitrogens with zero attached hydrogens (tertiary/aromatic N) is 1. The van der Waals surface area contributed by atoms with E-state index in [9.17, 15) is 9.59 Å². The van der Waals surface area contributed by atoms with Gasteiger partial charge in [-0.15, -0.1) is 0 Å². The third-order valence-corrected chi connectivity index (χ3v) is 2.71. The van der Waals surface area contributed by atoms with Crippen molar-refractivity contribution in [2.45, 2.75) is 26.3 Å². The van der Waals surface area contributed by atoms with Crippen molar-refractivity contribution in [3.63, 3.8) is 0 Å². The van der Waals surface area contributed by atoms with Gasteiger partial charge < -0.3 is 19.2 Å². The summed E-state index contributed by atoms with van der Waals surface area (Å²) >= 11 is 0. The predicted molar refractivity (Wildman–Crippen MR) is 68.1 cm³/mol.